The van der Waals surface area contributed by atoms with Crippen LogP contribution in [-0.2, 0) is 4.79 Å². The summed E-state index contributed by atoms with van der Waals surface area (Å²) in [6, 6.07) is 4.53. The monoisotopic (exact) mass is 179 g/mol. The maximum atomic E-state index is 10.5. The summed E-state index contributed by atoms with van der Waals surface area (Å²) >= 11 is 0. The lowest BCUT2D eigenvalue weighted by Crippen LogP contribution is -1.99. The molecule has 0 fully saturated rings. The zero-order chi connectivity index (χ0) is 9.84. The molecule has 67 valence electrons. The third-order valence-corrected chi connectivity index (χ3v) is 1.54. The second-order valence-corrected chi connectivity index (χ2v) is 2.50. The standard InChI is InChI=1S/C8H7N2O3/c1-6-2-3-7(9-5-11)8(4-6)10(12)13/h2-4H,1H3,(H,9,11). The number of nitro groups is 1. The van der Waals surface area contributed by atoms with Crippen molar-refractivity contribution < 1.29 is 9.72 Å². The number of carbonyl (C=O) groups excluding carboxylic acids is 1. The van der Waals surface area contributed by atoms with Gasteiger partial charge in [-0.2, -0.15) is 0 Å². The molecule has 0 aliphatic carbocycles. The van der Waals surface area contributed by atoms with Gasteiger partial charge < -0.3 is 5.32 Å². The molecule has 5 heteroatoms. The van der Waals surface area contributed by atoms with Crippen LogP contribution in [0.5, 0.6) is 0 Å². The Morgan fingerprint density at radius 2 is 2.23 bits per heavy atom. The molecule has 0 spiro atoms. The SMILES string of the molecule is Cc1ccc(N[C]=O)c([N+](=O)[O-])c1. The Kier molecular flexibility index (Phi) is 2.59. The van der Waals surface area contributed by atoms with Crippen molar-refractivity contribution in [2.75, 3.05) is 5.32 Å². The number of nitrogens with one attached hydrogen (secondary N) is 1. The summed E-state index contributed by atoms with van der Waals surface area (Å²) in [5, 5.41) is 12.6. The molecule has 0 atom stereocenters. The number of hydrogen-bond donors (Lipinski definition) is 1. The number of nitro benzene ring substituents is 1. The van der Waals surface area contributed by atoms with Gasteiger partial charge in [0, 0.05) is 6.07 Å². The first kappa shape index (κ1) is 9.18. The number of hydrogen-bond acceptors (Lipinski definition) is 3. The number of amides is 1. The first-order chi connectivity index (χ1) is 6.15. The lowest BCUT2D eigenvalue weighted by molar-refractivity contribution is -0.383. The van der Waals surface area contributed by atoms with Gasteiger partial charge in [0.15, 0.2) is 0 Å². The van der Waals surface area contributed by atoms with E-state index in [4.69, 9.17) is 0 Å². The first-order valence-electron chi connectivity index (χ1n) is 3.53. The zero-order valence-corrected chi connectivity index (χ0v) is 6.90. The molecule has 1 aromatic rings. The van der Waals surface area contributed by atoms with Crippen molar-refractivity contribution in [3.63, 3.8) is 0 Å². The molecule has 0 heterocycles. The highest BCUT2D eigenvalue weighted by atomic mass is 16.6. The van der Waals surface area contributed by atoms with E-state index in [1.807, 2.05) is 0 Å². The van der Waals surface area contributed by atoms with E-state index >= 15 is 0 Å². The molecule has 1 amide bonds. The summed E-state index contributed by atoms with van der Waals surface area (Å²) in [4.78, 5) is 19.9. The van der Waals surface area contributed by atoms with E-state index in [0.717, 1.165) is 5.56 Å². The van der Waals surface area contributed by atoms with Crippen LogP contribution in [0, 0.1) is 17.0 Å². The predicted molar refractivity (Wildman–Crippen MR) is 47.1 cm³/mol. The minimum absolute atomic E-state index is 0.122. The fourth-order valence-electron chi connectivity index (χ4n) is 0.953. The Morgan fingerprint density at radius 3 is 2.77 bits per heavy atom. The third kappa shape index (κ3) is 2.02. The Bertz CT molecular complexity index is 349. The molecule has 0 aromatic heterocycles. The second kappa shape index (κ2) is 3.66. The van der Waals surface area contributed by atoms with Crippen LogP contribution in [0.4, 0.5) is 11.4 Å². The topological polar surface area (TPSA) is 72.2 Å². The van der Waals surface area contributed by atoms with Crippen molar-refractivity contribution >= 4 is 17.8 Å². The number of rotatable bonds is 3. The third-order valence-electron chi connectivity index (χ3n) is 1.54. The van der Waals surface area contributed by atoms with Gasteiger partial charge in [-0.25, -0.2) is 0 Å². The smallest absolute Gasteiger partial charge is 0.312 e. The van der Waals surface area contributed by atoms with Crippen LogP contribution in [0.2, 0.25) is 0 Å². The summed E-state index contributed by atoms with van der Waals surface area (Å²) in [5.41, 5.74) is 0.803. The highest BCUT2D eigenvalue weighted by Gasteiger charge is 2.12. The molecular weight excluding hydrogens is 172 g/mol. The molecule has 1 aromatic carbocycles. The fourth-order valence-corrected chi connectivity index (χ4v) is 0.953. The molecule has 0 saturated heterocycles. The van der Waals surface area contributed by atoms with E-state index in [-0.39, 0.29) is 11.4 Å². The minimum Gasteiger partial charge on any atom is -0.312 e. The van der Waals surface area contributed by atoms with Gasteiger partial charge in [0.25, 0.3) is 5.69 Å². The van der Waals surface area contributed by atoms with Crippen molar-refractivity contribution in [3.8, 4) is 0 Å². The van der Waals surface area contributed by atoms with Crippen LogP contribution in [0.3, 0.4) is 0 Å². The number of nitrogens with zero attached hydrogens (tertiary/aromatic N) is 1. The Labute approximate surface area is 74.5 Å². The maximum absolute atomic E-state index is 10.5. The summed E-state index contributed by atoms with van der Waals surface area (Å²) in [6.45, 7) is 1.74. The average molecular weight is 179 g/mol. The Balaban J connectivity index is 3.17. The van der Waals surface area contributed by atoms with Gasteiger partial charge in [-0.15, -0.1) is 0 Å². The average Bonchev–Trinajstić information content (AvgIpc) is 2.08. The predicted octanol–water partition coefficient (Wildman–Crippen LogP) is 1.38. The molecule has 13 heavy (non-hydrogen) atoms. The summed E-state index contributed by atoms with van der Waals surface area (Å²) in [7, 11) is 0. The van der Waals surface area contributed by atoms with Crippen LogP contribution < -0.4 is 5.32 Å². The molecule has 0 unspecified atom stereocenters. The van der Waals surface area contributed by atoms with E-state index in [0.29, 0.717) is 0 Å². The minimum atomic E-state index is -0.549. The molecule has 0 saturated carbocycles. The van der Waals surface area contributed by atoms with Crippen molar-refractivity contribution in [1.82, 2.24) is 0 Å². The van der Waals surface area contributed by atoms with Crippen LogP contribution in [0.25, 0.3) is 0 Å². The van der Waals surface area contributed by atoms with Crippen molar-refractivity contribution in [3.05, 3.63) is 33.9 Å². The summed E-state index contributed by atoms with van der Waals surface area (Å²) in [6.07, 6.45) is 1.39. The van der Waals surface area contributed by atoms with Gasteiger partial charge >= 0.3 is 6.41 Å². The van der Waals surface area contributed by atoms with Crippen LogP contribution in [0.1, 0.15) is 5.56 Å². The largest absolute Gasteiger partial charge is 0.314 e. The van der Waals surface area contributed by atoms with Crippen LogP contribution in [0.15, 0.2) is 18.2 Å². The Morgan fingerprint density at radius 1 is 1.54 bits per heavy atom. The number of benzene rings is 1. The molecule has 1 N–H and O–H groups in total. The lowest BCUT2D eigenvalue weighted by Gasteiger charge is -2.00. The van der Waals surface area contributed by atoms with E-state index < -0.39 is 4.92 Å². The van der Waals surface area contributed by atoms with Crippen LogP contribution >= 0.6 is 0 Å². The maximum Gasteiger partial charge on any atom is 0.314 e. The van der Waals surface area contributed by atoms with Gasteiger partial charge in [-0.3, -0.25) is 14.9 Å². The normalized spacial score (nSPS) is 9.31. The molecule has 0 aliphatic heterocycles. The molecule has 5 nitrogen and oxygen atoms in total. The van der Waals surface area contributed by atoms with E-state index in [9.17, 15) is 14.9 Å². The van der Waals surface area contributed by atoms with Gasteiger partial charge in [-0.05, 0) is 18.6 Å². The summed E-state index contributed by atoms with van der Waals surface area (Å²) in [5.74, 6) is 0. The highest BCUT2D eigenvalue weighted by molar-refractivity contribution is 5.78. The fraction of sp³-hybridized carbons (Fsp3) is 0.125. The van der Waals surface area contributed by atoms with Crippen molar-refractivity contribution in [2.45, 2.75) is 6.92 Å². The Hall–Kier alpha value is -1.91. The molecule has 1 radical (unpaired) electrons. The van der Waals surface area contributed by atoms with Gasteiger partial charge in [-0.1, -0.05) is 6.07 Å². The van der Waals surface area contributed by atoms with Gasteiger partial charge in [0.2, 0.25) is 0 Å². The zero-order valence-electron chi connectivity index (χ0n) is 6.90. The van der Waals surface area contributed by atoms with Crippen molar-refractivity contribution in [1.29, 1.82) is 0 Å². The molecule has 0 bridgehead atoms. The van der Waals surface area contributed by atoms with E-state index in [1.165, 1.54) is 18.5 Å². The van der Waals surface area contributed by atoms with E-state index in [1.54, 1.807) is 13.0 Å². The quantitative estimate of drug-likeness (QED) is 0.432. The van der Waals surface area contributed by atoms with E-state index in [2.05, 4.69) is 5.32 Å². The summed E-state index contributed by atoms with van der Waals surface area (Å²) < 4.78 is 0. The van der Waals surface area contributed by atoms with Crippen molar-refractivity contribution in [2.24, 2.45) is 0 Å². The number of anilines is 1. The highest BCUT2D eigenvalue weighted by Crippen LogP contribution is 2.24. The first-order valence-corrected chi connectivity index (χ1v) is 3.53. The van der Waals surface area contributed by atoms with Gasteiger partial charge in [0.05, 0.1) is 4.92 Å². The molecular formula is C8H7N2O3. The second-order valence-electron chi connectivity index (χ2n) is 2.50. The lowest BCUT2D eigenvalue weighted by atomic mass is 10.2. The number of aryl methyl sites for hydroxylation is 1. The van der Waals surface area contributed by atoms with Crippen LogP contribution in [-0.4, -0.2) is 11.3 Å². The molecule has 1 rings (SSSR count). The molecule has 0 aliphatic rings. The van der Waals surface area contributed by atoms with Gasteiger partial charge in [0.1, 0.15) is 5.69 Å².